The summed E-state index contributed by atoms with van der Waals surface area (Å²) in [6.45, 7) is 4.71. The second-order valence-corrected chi connectivity index (χ2v) is 5.00. The Morgan fingerprint density at radius 1 is 1.14 bits per heavy atom. The van der Waals surface area contributed by atoms with Crippen molar-refractivity contribution in [2.45, 2.75) is 20.4 Å². The Morgan fingerprint density at radius 3 is 2.52 bits per heavy atom. The lowest BCUT2D eigenvalue weighted by Crippen LogP contribution is -2.03. The summed E-state index contributed by atoms with van der Waals surface area (Å²) in [4.78, 5) is 8.55. The third kappa shape index (κ3) is 2.24. The number of rotatable bonds is 3. The molecule has 5 heteroatoms. The molecule has 0 bridgehead atoms. The van der Waals surface area contributed by atoms with E-state index >= 15 is 0 Å². The fraction of sp³-hybridized carbons (Fsp3) is 0.250. The SMILES string of the molecule is COc1ncnc2c1c(C)c(C)n2Cc1ccc(F)cc1. The first-order chi connectivity index (χ1) is 10.1. The largest absolute Gasteiger partial charge is 0.480 e. The summed E-state index contributed by atoms with van der Waals surface area (Å²) >= 11 is 0. The van der Waals surface area contributed by atoms with Gasteiger partial charge in [0.25, 0.3) is 0 Å². The molecular weight excluding hydrogens is 269 g/mol. The molecular formula is C16H16FN3O. The molecule has 2 heterocycles. The van der Waals surface area contributed by atoms with Gasteiger partial charge in [0.2, 0.25) is 5.88 Å². The molecule has 0 spiro atoms. The van der Waals surface area contributed by atoms with Gasteiger partial charge in [-0.3, -0.25) is 0 Å². The highest BCUT2D eigenvalue weighted by Gasteiger charge is 2.16. The zero-order chi connectivity index (χ0) is 15.0. The fourth-order valence-corrected chi connectivity index (χ4v) is 2.56. The third-order valence-corrected chi connectivity index (χ3v) is 3.82. The number of halogens is 1. The minimum absolute atomic E-state index is 0.229. The van der Waals surface area contributed by atoms with Crippen LogP contribution in [0.5, 0.6) is 5.88 Å². The first-order valence-corrected chi connectivity index (χ1v) is 6.70. The zero-order valence-electron chi connectivity index (χ0n) is 12.2. The quantitative estimate of drug-likeness (QED) is 0.741. The summed E-state index contributed by atoms with van der Waals surface area (Å²) < 4.78 is 20.4. The normalized spacial score (nSPS) is 11.0. The van der Waals surface area contributed by atoms with E-state index in [-0.39, 0.29) is 5.82 Å². The fourth-order valence-electron chi connectivity index (χ4n) is 2.56. The Hall–Kier alpha value is -2.43. The summed E-state index contributed by atoms with van der Waals surface area (Å²) in [7, 11) is 1.61. The molecule has 0 aliphatic rings. The Labute approximate surface area is 122 Å². The Morgan fingerprint density at radius 2 is 1.86 bits per heavy atom. The molecule has 0 aliphatic carbocycles. The van der Waals surface area contributed by atoms with Gasteiger partial charge in [0.15, 0.2) is 0 Å². The van der Waals surface area contributed by atoms with Crippen molar-refractivity contribution in [3.63, 3.8) is 0 Å². The van der Waals surface area contributed by atoms with Crippen molar-refractivity contribution in [2.24, 2.45) is 0 Å². The van der Waals surface area contributed by atoms with Gasteiger partial charge in [-0.05, 0) is 37.1 Å². The number of aromatic nitrogens is 3. The zero-order valence-corrected chi connectivity index (χ0v) is 12.2. The minimum atomic E-state index is -0.229. The lowest BCUT2D eigenvalue weighted by atomic mass is 10.2. The van der Waals surface area contributed by atoms with E-state index in [1.54, 1.807) is 19.2 Å². The van der Waals surface area contributed by atoms with Gasteiger partial charge in [0.05, 0.1) is 12.5 Å². The molecule has 0 saturated carbocycles. The maximum Gasteiger partial charge on any atom is 0.226 e. The van der Waals surface area contributed by atoms with Crippen LogP contribution in [0.3, 0.4) is 0 Å². The standard InChI is InChI=1S/C16H16FN3O/c1-10-11(2)20(8-12-4-6-13(17)7-5-12)15-14(10)16(21-3)19-9-18-15/h4-7,9H,8H2,1-3H3. The molecule has 108 valence electrons. The van der Waals surface area contributed by atoms with Crippen molar-refractivity contribution in [1.29, 1.82) is 0 Å². The molecule has 0 aliphatic heterocycles. The smallest absolute Gasteiger partial charge is 0.226 e. The van der Waals surface area contributed by atoms with Gasteiger partial charge < -0.3 is 9.30 Å². The molecule has 2 aromatic heterocycles. The first kappa shape index (κ1) is 13.5. The van der Waals surface area contributed by atoms with Crippen LogP contribution in [0.15, 0.2) is 30.6 Å². The average molecular weight is 285 g/mol. The number of nitrogens with zero attached hydrogens (tertiary/aromatic N) is 3. The molecule has 3 aromatic rings. The van der Waals surface area contributed by atoms with Gasteiger partial charge in [-0.1, -0.05) is 12.1 Å². The summed E-state index contributed by atoms with van der Waals surface area (Å²) in [6, 6.07) is 6.51. The van der Waals surface area contributed by atoms with Crippen LogP contribution in [0, 0.1) is 19.7 Å². The molecule has 0 amide bonds. The van der Waals surface area contributed by atoms with Crippen molar-refractivity contribution in [1.82, 2.24) is 14.5 Å². The number of aryl methyl sites for hydroxylation is 1. The van der Waals surface area contributed by atoms with Crippen LogP contribution in [0.1, 0.15) is 16.8 Å². The maximum atomic E-state index is 13.0. The van der Waals surface area contributed by atoms with Crippen molar-refractivity contribution in [3.8, 4) is 5.88 Å². The summed E-state index contributed by atoms with van der Waals surface area (Å²) in [5.74, 6) is 0.353. The van der Waals surface area contributed by atoms with E-state index in [1.807, 2.05) is 13.8 Å². The average Bonchev–Trinajstić information content (AvgIpc) is 2.74. The highest BCUT2D eigenvalue weighted by atomic mass is 19.1. The summed E-state index contributed by atoms with van der Waals surface area (Å²) in [6.07, 6.45) is 1.50. The van der Waals surface area contributed by atoms with E-state index in [2.05, 4.69) is 14.5 Å². The van der Waals surface area contributed by atoms with Crippen molar-refractivity contribution < 1.29 is 9.13 Å². The lowest BCUT2D eigenvalue weighted by molar-refractivity contribution is 0.402. The molecule has 0 saturated heterocycles. The molecule has 21 heavy (non-hydrogen) atoms. The van der Waals surface area contributed by atoms with Crippen LogP contribution < -0.4 is 4.74 Å². The van der Waals surface area contributed by atoms with Gasteiger partial charge in [-0.15, -0.1) is 0 Å². The predicted octanol–water partition coefficient (Wildman–Crippen LogP) is 3.24. The Bertz CT molecular complexity index is 793. The van der Waals surface area contributed by atoms with E-state index in [4.69, 9.17) is 4.74 Å². The van der Waals surface area contributed by atoms with Crippen LogP contribution in [-0.2, 0) is 6.54 Å². The van der Waals surface area contributed by atoms with Crippen LogP contribution in [0.25, 0.3) is 11.0 Å². The van der Waals surface area contributed by atoms with Crippen LogP contribution in [-0.4, -0.2) is 21.6 Å². The minimum Gasteiger partial charge on any atom is -0.480 e. The van der Waals surface area contributed by atoms with E-state index in [1.165, 1.54) is 18.5 Å². The Balaban J connectivity index is 2.14. The van der Waals surface area contributed by atoms with Crippen LogP contribution in [0.2, 0.25) is 0 Å². The predicted molar refractivity (Wildman–Crippen MR) is 79.1 cm³/mol. The molecule has 0 fully saturated rings. The molecule has 0 N–H and O–H groups in total. The van der Waals surface area contributed by atoms with Gasteiger partial charge in [0, 0.05) is 12.2 Å². The highest BCUT2D eigenvalue weighted by Crippen LogP contribution is 2.30. The second-order valence-electron chi connectivity index (χ2n) is 5.00. The van der Waals surface area contributed by atoms with Crippen molar-refractivity contribution in [2.75, 3.05) is 7.11 Å². The molecule has 0 radical (unpaired) electrons. The first-order valence-electron chi connectivity index (χ1n) is 6.70. The van der Waals surface area contributed by atoms with Gasteiger partial charge in [-0.2, -0.15) is 0 Å². The monoisotopic (exact) mass is 285 g/mol. The maximum absolute atomic E-state index is 13.0. The van der Waals surface area contributed by atoms with Crippen LogP contribution in [0.4, 0.5) is 4.39 Å². The lowest BCUT2D eigenvalue weighted by Gasteiger charge is -2.08. The van der Waals surface area contributed by atoms with E-state index in [0.29, 0.717) is 12.4 Å². The van der Waals surface area contributed by atoms with E-state index in [9.17, 15) is 4.39 Å². The van der Waals surface area contributed by atoms with Crippen molar-refractivity contribution >= 4 is 11.0 Å². The second kappa shape index (κ2) is 5.16. The number of benzene rings is 1. The number of hydrogen-bond donors (Lipinski definition) is 0. The third-order valence-electron chi connectivity index (χ3n) is 3.82. The summed E-state index contributed by atoms with van der Waals surface area (Å²) in [5, 5.41) is 0.930. The van der Waals surface area contributed by atoms with Crippen molar-refractivity contribution in [3.05, 3.63) is 53.2 Å². The molecule has 0 atom stereocenters. The number of methoxy groups -OCH3 is 1. The molecule has 0 unspecified atom stereocenters. The molecule has 3 rings (SSSR count). The topological polar surface area (TPSA) is 39.9 Å². The van der Waals surface area contributed by atoms with Gasteiger partial charge in [-0.25, -0.2) is 14.4 Å². The van der Waals surface area contributed by atoms with E-state index in [0.717, 1.165) is 27.9 Å². The molecule has 4 nitrogen and oxygen atoms in total. The number of hydrogen-bond acceptors (Lipinski definition) is 3. The highest BCUT2D eigenvalue weighted by molar-refractivity contribution is 5.86. The van der Waals surface area contributed by atoms with E-state index < -0.39 is 0 Å². The summed E-state index contributed by atoms with van der Waals surface area (Å²) in [5.41, 5.74) is 4.06. The number of fused-ring (bicyclic) bond motifs is 1. The Kier molecular flexibility index (Phi) is 3.33. The molecule has 1 aromatic carbocycles. The van der Waals surface area contributed by atoms with Crippen LogP contribution >= 0.6 is 0 Å². The number of ether oxygens (including phenoxy) is 1. The van der Waals surface area contributed by atoms with Gasteiger partial charge in [0.1, 0.15) is 17.8 Å². The van der Waals surface area contributed by atoms with Gasteiger partial charge >= 0.3 is 0 Å².